The first-order chi connectivity index (χ1) is 10.4. The van der Waals surface area contributed by atoms with Crippen LogP contribution in [0.2, 0.25) is 0 Å². The number of nitrogens with one attached hydrogen (secondary N) is 3. The summed E-state index contributed by atoms with van der Waals surface area (Å²) in [5, 5.41) is 8.26. The number of rotatable bonds is 8. The Morgan fingerprint density at radius 2 is 1.09 bits per heavy atom. The molecule has 0 aromatic carbocycles. The molecule has 0 aliphatic rings. The molecule has 0 bridgehead atoms. The van der Waals surface area contributed by atoms with Crippen LogP contribution in [0.15, 0.2) is 0 Å². The lowest BCUT2D eigenvalue weighted by molar-refractivity contribution is -0.126. The van der Waals surface area contributed by atoms with E-state index in [9.17, 15) is 14.4 Å². The zero-order valence-electron chi connectivity index (χ0n) is 15.5. The van der Waals surface area contributed by atoms with Crippen LogP contribution in [0.1, 0.15) is 60.8 Å². The van der Waals surface area contributed by atoms with Gasteiger partial charge in [0.15, 0.2) is 0 Å². The normalized spacial score (nSPS) is 11.7. The minimum absolute atomic E-state index is 0.0201. The van der Waals surface area contributed by atoms with Gasteiger partial charge in [-0.1, -0.05) is 41.5 Å². The zero-order valence-corrected chi connectivity index (χ0v) is 15.5. The van der Waals surface area contributed by atoms with E-state index in [0.717, 1.165) is 0 Å². The minimum atomic E-state index is -0.180. The summed E-state index contributed by atoms with van der Waals surface area (Å²) in [6, 6.07) is 0. The van der Waals surface area contributed by atoms with Gasteiger partial charge in [-0.05, 0) is 10.8 Å². The largest absolute Gasteiger partial charge is 0.356 e. The van der Waals surface area contributed by atoms with Crippen molar-refractivity contribution in [3.8, 4) is 0 Å². The van der Waals surface area contributed by atoms with Gasteiger partial charge in [-0.25, -0.2) is 0 Å². The van der Waals surface area contributed by atoms with E-state index < -0.39 is 0 Å². The van der Waals surface area contributed by atoms with Crippen molar-refractivity contribution in [2.75, 3.05) is 19.6 Å². The van der Waals surface area contributed by atoms with Crippen LogP contribution in [-0.2, 0) is 14.4 Å². The van der Waals surface area contributed by atoms with Crippen LogP contribution >= 0.6 is 0 Å². The van der Waals surface area contributed by atoms with Crippen molar-refractivity contribution >= 4 is 17.7 Å². The van der Waals surface area contributed by atoms with Gasteiger partial charge in [0.2, 0.25) is 17.7 Å². The Morgan fingerprint density at radius 1 is 0.652 bits per heavy atom. The second kappa shape index (κ2) is 9.53. The van der Waals surface area contributed by atoms with Gasteiger partial charge in [-0.3, -0.25) is 14.4 Å². The molecule has 3 amide bonds. The number of amides is 3. The molecule has 3 N–H and O–H groups in total. The molecule has 0 spiro atoms. The first-order valence-corrected chi connectivity index (χ1v) is 8.19. The predicted octanol–water partition coefficient (Wildman–Crippen LogP) is 1.60. The predicted molar refractivity (Wildman–Crippen MR) is 91.8 cm³/mol. The van der Waals surface area contributed by atoms with Crippen LogP contribution in [0.4, 0.5) is 0 Å². The molecule has 6 nitrogen and oxygen atoms in total. The second-order valence-corrected chi connectivity index (χ2v) is 8.27. The Kier molecular flexibility index (Phi) is 8.87. The van der Waals surface area contributed by atoms with Crippen molar-refractivity contribution in [2.24, 2.45) is 10.8 Å². The number of hydrogen-bond donors (Lipinski definition) is 3. The van der Waals surface area contributed by atoms with E-state index in [0.29, 0.717) is 26.1 Å². The van der Waals surface area contributed by atoms with Gasteiger partial charge in [-0.15, -0.1) is 0 Å². The molecule has 0 saturated heterocycles. The highest BCUT2D eigenvalue weighted by Crippen LogP contribution is 2.17. The number of hydrogen-bond acceptors (Lipinski definition) is 3. The molecule has 0 aromatic heterocycles. The van der Waals surface area contributed by atoms with Crippen molar-refractivity contribution in [1.82, 2.24) is 16.0 Å². The first kappa shape index (κ1) is 21.4. The monoisotopic (exact) mass is 327 g/mol. The van der Waals surface area contributed by atoms with Crippen molar-refractivity contribution in [3.05, 3.63) is 0 Å². The Morgan fingerprint density at radius 3 is 1.52 bits per heavy atom. The Hall–Kier alpha value is -1.59. The van der Waals surface area contributed by atoms with E-state index in [2.05, 4.69) is 16.0 Å². The van der Waals surface area contributed by atoms with E-state index >= 15 is 0 Å². The lowest BCUT2D eigenvalue weighted by Gasteiger charge is -2.18. The molecule has 23 heavy (non-hydrogen) atoms. The maximum Gasteiger partial charge on any atom is 0.220 e. The van der Waals surface area contributed by atoms with Gasteiger partial charge in [0.25, 0.3) is 0 Å². The molecular formula is C17H33N3O3. The highest BCUT2D eigenvalue weighted by atomic mass is 16.2. The lowest BCUT2D eigenvalue weighted by atomic mass is 9.92. The second-order valence-electron chi connectivity index (χ2n) is 8.27. The first-order valence-electron chi connectivity index (χ1n) is 8.19. The summed E-state index contributed by atoms with van der Waals surface area (Å²) in [5.74, 6) is -0.317. The molecule has 0 aliphatic heterocycles. The summed E-state index contributed by atoms with van der Waals surface area (Å²) >= 11 is 0. The lowest BCUT2D eigenvalue weighted by Crippen LogP contribution is -2.36. The molecule has 0 aliphatic carbocycles. The highest BCUT2D eigenvalue weighted by molar-refractivity contribution is 5.83. The van der Waals surface area contributed by atoms with E-state index in [1.165, 1.54) is 0 Å². The third kappa shape index (κ3) is 15.1. The van der Waals surface area contributed by atoms with Gasteiger partial charge in [0, 0.05) is 38.9 Å². The van der Waals surface area contributed by atoms with Crippen LogP contribution in [-0.4, -0.2) is 37.4 Å². The third-order valence-corrected chi connectivity index (χ3v) is 2.86. The number of carbonyl (C=O) groups is 3. The van der Waals surface area contributed by atoms with Crippen LogP contribution in [0.3, 0.4) is 0 Å². The quantitative estimate of drug-likeness (QED) is 0.592. The Balaban J connectivity index is 3.72. The van der Waals surface area contributed by atoms with E-state index in [1.54, 1.807) is 0 Å². The summed E-state index contributed by atoms with van der Waals surface area (Å²) in [5.41, 5.74) is -0.0169. The topological polar surface area (TPSA) is 87.3 Å². The fraction of sp³-hybridized carbons (Fsp3) is 0.824. The van der Waals surface area contributed by atoms with E-state index in [-0.39, 0.29) is 41.4 Å². The van der Waals surface area contributed by atoms with Gasteiger partial charge in [-0.2, -0.15) is 0 Å². The van der Waals surface area contributed by atoms with Crippen LogP contribution in [0.25, 0.3) is 0 Å². The summed E-state index contributed by atoms with van der Waals surface area (Å²) in [7, 11) is 0. The molecular weight excluding hydrogens is 294 g/mol. The van der Waals surface area contributed by atoms with Gasteiger partial charge < -0.3 is 16.0 Å². The van der Waals surface area contributed by atoms with Crippen molar-refractivity contribution in [1.29, 1.82) is 0 Å². The van der Waals surface area contributed by atoms with Crippen molar-refractivity contribution in [3.63, 3.8) is 0 Å². The van der Waals surface area contributed by atoms with Gasteiger partial charge in [0.05, 0.1) is 0 Å². The van der Waals surface area contributed by atoms with Crippen LogP contribution in [0.5, 0.6) is 0 Å². The number of carbonyl (C=O) groups excluding carboxylic acids is 3. The summed E-state index contributed by atoms with van der Waals surface area (Å²) in [6.45, 7) is 13.5. The highest BCUT2D eigenvalue weighted by Gasteiger charge is 2.15. The molecule has 134 valence electrons. The van der Waals surface area contributed by atoms with E-state index in [4.69, 9.17) is 0 Å². The Labute approximate surface area is 140 Å². The Bertz CT molecular complexity index is 406. The molecule has 0 heterocycles. The fourth-order valence-corrected chi connectivity index (χ4v) is 1.72. The SMILES string of the molecule is CC(C)(C)CNC(=O)CCC(=O)NCCNC(=O)CC(C)(C)C. The van der Waals surface area contributed by atoms with E-state index in [1.807, 2.05) is 41.5 Å². The third-order valence-electron chi connectivity index (χ3n) is 2.86. The molecule has 0 unspecified atom stereocenters. The summed E-state index contributed by atoms with van der Waals surface area (Å²) in [4.78, 5) is 34.8. The molecule has 0 rings (SSSR count). The summed E-state index contributed by atoms with van der Waals surface area (Å²) < 4.78 is 0. The smallest absolute Gasteiger partial charge is 0.220 e. The van der Waals surface area contributed by atoms with Gasteiger partial charge >= 0.3 is 0 Å². The molecule has 0 aromatic rings. The van der Waals surface area contributed by atoms with Crippen molar-refractivity contribution in [2.45, 2.75) is 60.8 Å². The average Bonchev–Trinajstić information content (AvgIpc) is 2.36. The molecule has 0 saturated carbocycles. The van der Waals surface area contributed by atoms with Crippen molar-refractivity contribution < 1.29 is 14.4 Å². The molecule has 0 radical (unpaired) electrons. The fourth-order valence-electron chi connectivity index (χ4n) is 1.72. The maximum atomic E-state index is 11.6. The molecule has 0 fully saturated rings. The summed E-state index contributed by atoms with van der Waals surface area (Å²) in [6.07, 6.45) is 0.791. The van der Waals surface area contributed by atoms with Crippen LogP contribution in [0, 0.1) is 10.8 Å². The zero-order chi connectivity index (χ0) is 18.1. The minimum Gasteiger partial charge on any atom is -0.356 e. The molecule has 0 atom stereocenters. The van der Waals surface area contributed by atoms with Crippen LogP contribution < -0.4 is 16.0 Å². The standard InChI is InChI=1S/C17H33N3O3/c1-16(2,3)11-15(23)19-10-9-18-13(21)7-8-14(22)20-12-17(4,5)6/h7-12H2,1-6H3,(H,18,21)(H,19,23)(H,20,22). The van der Waals surface area contributed by atoms with Gasteiger partial charge in [0.1, 0.15) is 0 Å². The maximum absolute atomic E-state index is 11.6. The average molecular weight is 327 g/mol. The molecule has 6 heteroatoms.